The van der Waals surface area contributed by atoms with Crippen molar-refractivity contribution in [3.63, 3.8) is 0 Å². The van der Waals surface area contributed by atoms with Crippen LogP contribution in [0.5, 0.6) is 0 Å². The van der Waals surface area contributed by atoms with Gasteiger partial charge < -0.3 is 15.8 Å². The molecule has 0 aromatic carbocycles. The van der Waals surface area contributed by atoms with Crippen LogP contribution in [-0.2, 0) is 17.7 Å². The normalized spacial score (nSPS) is 11.8. The second kappa shape index (κ2) is 7.19. The monoisotopic (exact) mass is 242 g/mol. The third kappa shape index (κ3) is 4.59. The Morgan fingerprint density at radius 1 is 1.69 bits per heavy atom. The molecule has 0 bridgehead atoms. The van der Waals surface area contributed by atoms with Gasteiger partial charge in [-0.1, -0.05) is 6.92 Å². The van der Waals surface area contributed by atoms with E-state index in [1.165, 1.54) is 0 Å². The molecule has 1 aromatic rings. The Kier molecular flexibility index (Phi) is 5.81. The summed E-state index contributed by atoms with van der Waals surface area (Å²) < 4.78 is 4.89. The van der Waals surface area contributed by atoms with E-state index in [0.29, 0.717) is 25.7 Å². The van der Waals surface area contributed by atoms with Crippen molar-refractivity contribution in [3.8, 4) is 0 Å². The van der Waals surface area contributed by atoms with Gasteiger partial charge in [0.15, 0.2) is 5.96 Å². The molecule has 0 amide bonds. The van der Waals surface area contributed by atoms with Crippen molar-refractivity contribution in [2.45, 2.75) is 19.9 Å². The SMILES string of the molecule is CCc1nc(CN=C(N)NCCOC)cs1. The fourth-order valence-electron chi connectivity index (χ4n) is 1.09. The minimum absolute atomic E-state index is 0.433. The summed E-state index contributed by atoms with van der Waals surface area (Å²) >= 11 is 1.66. The Labute approximate surface area is 99.7 Å². The summed E-state index contributed by atoms with van der Waals surface area (Å²) in [4.78, 5) is 8.59. The van der Waals surface area contributed by atoms with Crippen LogP contribution in [0.2, 0.25) is 0 Å². The van der Waals surface area contributed by atoms with Crippen LogP contribution in [0, 0.1) is 0 Å². The van der Waals surface area contributed by atoms with Gasteiger partial charge in [0.25, 0.3) is 0 Å². The lowest BCUT2D eigenvalue weighted by Crippen LogP contribution is -2.34. The Hall–Kier alpha value is -1.14. The van der Waals surface area contributed by atoms with Crippen LogP contribution in [0.4, 0.5) is 0 Å². The molecule has 0 radical (unpaired) electrons. The van der Waals surface area contributed by atoms with E-state index in [9.17, 15) is 0 Å². The number of nitrogens with one attached hydrogen (secondary N) is 1. The number of methoxy groups -OCH3 is 1. The number of rotatable bonds is 6. The van der Waals surface area contributed by atoms with Crippen molar-refractivity contribution in [2.75, 3.05) is 20.3 Å². The van der Waals surface area contributed by atoms with E-state index in [0.717, 1.165) is 17.1 Å². The van der Waals surface area contributed by atoms with Gasteiger partial charge in [0, 0.05) is 19.0 Å². The molecule has 5 nitrogen and oxygen atoms in total. The first-order chi connectivity index (χ1) is 7.76. The average Bonchev–Trinajstić information content (AvgIpc) is 2.74. The van der Waals surface area contributed by atoms with E-state index in [1.807, 2.05) is 5.38 Å². The van der Waals surface area contributed by atoms with Crippen molar-refractivity contribution in [1.82, 2.24) is 10.3 Å². The summed E-state index contributed by atoms with van der Waals surface area (Å²) in [5, 5.41) is 6.11. The molecule has 0 unspecified atom stereocenters. The summed E-state index contributed by atoms with van der Waals surface area (Å²) in [7, 11) is 1.65. The summed E-state index contributed by atoms with van der Waals surface area (Å²) in [6.45, 7) is 3.91. The second-order valence-corrected chi connectivity index (χ2v) is 4.15. The molecular formula is C10H18N4OS. The van der Waals surface area contributed by atoms with Gasteiger partial charge in [-0.25, -0.2) is 9.98 Å². The number of ether oxygens (including phenoxy) is 1. The van der Waals surface area contributed by atoms with E-state index >= 15 is 0 Å². The van der Waals surface area contributed by atoms with E-state index in [1.54, 1.807) is 18.4 Å². The van der Waals surface area contributed by atoms with Crippen LogP contribution < -0.4 is 11.1 Å². The van der Waals surface area contributed by atoms with Gasteiger partial charge >= 0.3 is 0 Å². The third-order valence-corrected chi connectivity index (χ3v) is 2.97. The van der Waals surface area contributed by atoms with Crippen LogP contribution in [0.1, 0.15) is 17.6 Å². The molecule has 0 saturated carbocycles. The molecule has 0 aliphatic heterocycles. The van der Waals surface area contributed by atoms with Crippen molar-refractivity contribution in [3.05, 3.63) is 16.1 Å². The lowest BCUT2D eigenvalue weighted by atomic mass is 10.5. The van der Waals surface area contributed by atoms with Crippen LogP contribution >= 0.6 is 11.3 Å². The van der Waals surface area contributed by atoms with Crippen molar-refractivity contribution < 1.29 is 4.74 Å². The molecule has 90 valence electrons. The van der Waals surface area contributed by atoms with Crippen LogP contribution in [-0.4, -0.2) is 31.2 Å². The highest BCUT2D eigenvalue weighted by Crippen LogP contribution is 2.10. The molecule has 0 fully saturated rings. The number of hydrogen-bond acceptors (Lipinski definition) is 4. The molecular weight excluding hydrogens is 224 g/mol. The van der Waals surface area contributed by atoms with E-state index < -0.39 is 0 Å². The zero-order valence-electron chi connectivity index (χ0n) is 9.69. The van der Waals surface area contributed by atoms with Gasteiger partial charge in [0.05, 0.1) is 23.9 Å². The van der Waals surface area contributed by atoms with Crippen molar-refractivity contribution in [2.24, 2.45) is 10.7 Å². The standard InChI is InChI=1S/C10H18N4OS/c1-3-9-14-8(7-16-9)6-13-10(11)12-4-5-15-2/h7H,3-6H2,1-2H3,(H3,11,12,13). The van der Waals surface area contributed by atoms with Gasteiger partial charge in [-0.3, -0.25) is 0 Å². The second-order valence-electron chi connectivity index (χ2n) is 3.21. The predicted octanol–water partition coefficient (Wildman–Crippen LogP) is 0.756. The molecule has 1 aromatic heterocycles. The molecule has 0 spiro atoms. The Morgan fingerprint density at radius 3 is 3.12 bits per heavy atom. The molecule has 3 N–H and O–H groups in total. The first kappa shape index (κ1) is 12.9. The number of guanidine groups is 1. The van der Waals surface area contributed by atoms with Crippen LogP contribution in [0.3, 0.4) is 0 Å². The maximum Gasteiger partial charge on any atom is 0.189 e. The van der Waals surface area contributed by atoms with Crippen molar-refractivity contribution in [1.29, 1.82) is 0 Å². The summed E-state index contributed by atoms with van der Waals surface area (Å²) in [6, 6.07) is 0. The molecule has 0 atom stereocenters. The minimum Gasteiger partial charge on any atom is -0.383 e. The number of thiazole rings is 1. The number of nitrogens with zero attached hydrogens (tertiary/aromatic N) is 2. The molecule has 1 rings (SSSR count). The highest BCUT2D eigenvalue weighted by molar-refractivity contribution is 7.09. The number of aliphatic imine (C=N–C) groups is 1. The van der Waals surface area contributed by atoms with E-state index in [4.69, 9.17) is 10.5 Å². The van der Waals surface area contributed by atoms with Crippen molar-refractivity contribution >= 4 is 17.3 Å². The van der Waals surface area contributed by atoms with E-state index in [2.05, 4.69) is 22.2 Å². The van der Waals surface area contributed by atoms with Gasteiger partial charge in [-0.15, -0.1) is 11.3 Å². The highest BCUT2D eigenvalue weighted by atomic mass is 32.1. The van der Waals surface area contributed by atoms with Gasteiger partial charge in [0.1, 0.15) is 0 Å². The Morgan fingerprint density at radius 2 is 2.50 bits per heavy atom. The first-order valence-electron chi connectivity index (χ1n) is 5.22. The summed E-state index contributed by atoms with van der Waals surface area (Å²) in [5.74, 6) is 0.433. The number of aryl methyl sites for hydroxylation is 1. The topological polar surface area (TPSA) is 72.5 Å². The summed E-state index contributed by atoms with van der Waals surface area (Å²) in [5.41, 5.74) is 6.63. The summed E-state index contributed by atoms with van der Waals surface area (Å²) in [6.07, 6.45) is 0.968. The molecule has 0 aliphatic carbocycles. The fraction of sp³-hybridized carbons (Fsp3) is 0.600. The zero-order chi connectivity index (χ0) is 11.8. The third-order valence-electron chi connectivity index (χ3n) is 1.93. The largest absolute Gasteiger partial charge is 0.383 e. The lowest BCUT2D eigenvalue weighted by molar-refractivity contribution is 0.204. The van der Waals surface area contributed by atoms with E-state index in [-0.39, 0.29) is 0 Å². The molecule has 1 heterocycles. The molecule has 16 heavy (non-hydrogen) atoms. The zero-order valence-corrected chi connectivity index (χ0v) is 10.5. The smallest absolute Gasteiger partial charge is 0.189 e. The first-order valence-corrected chi connectivity index (χ1v) is 6.10. The molecule has 0 saturated heterocycles. The maximum absolute atomic E-state index is 5.66. The van der Waals surface area contributed by atoms with Gasteiger partial charge in [-0.2, -0.15) is 0 Å². The quantitative estimate of drug-likeness (QED) is 0.439. The maximum atomic E-state index is 5.66. The predicted molar refractivity (Wildman–Crippen MR) is 66.7 cm³/mol. The van der Waals surface area contributed by atoms with Gasteiger partial charge in [0.2, 0.25) is 0 Å². The minimum atomic E-state index is 0.433. The van der Waals surface area contributed by atoms with Crippen LogP contribution in [0.15, 0.2) is 10.4 Å². The molecule has 0 aliphatic rings. The number of aromatic nitrogens is 1. The Bertz CT molecular complexity index is 337. The Balaban J connectivity index is 2.33. The average molecular weight is 242 g/mol. The fourth-order valence-corrected chi connectivity index (χ4v) is 1.82. The van der Waals surface area contributed by atoms with Gasteiger partial charge in [-0.05, 0) is 6.42 Å². The molecule has 6 heteroatoms. The lowest BCUT2D eigenvalue weighted by Gasteiger charge is -2.03. The number of nitrogens with two attached hydrogens (primary N) is 1. The van der Waals surface area contributed by atoms with Crippen LogP contribution in [0.25, 0.3) is 0 Å². The number of hydrogen-bond donors (Lipinski definition) is 2. The highest BCUT2D eigenvalue weighted by Gasteiger charge is 1.99.